The number of nitrogens with zero attached hydrogens (tertiary/aromatic N) is 3. The van der Waals surface area contributed by atoms with Gasteiger partial charge in [0.2, 0.25) is 0 Å². The van der Waals surface area contributed by atoms with Crippen molar-refractivity contribution in [3.8, 4) is 17.2 Å². The number of piperidine rings is 1. The molecule has 0 aliphatic carbocycles. The summed E-state index contributed by atoms with van der Waals surface area (Å²) in [6.07, 6.45) is 7.61. The van der Waals surface area contributed by atoms with Crippen molar-refractivity contribution in [3.05, 3.63) is 71.3 Å². The average molecular weight is 522 g/mol. The second kappa shape index (κ2) is 13.2. The average Bonchev–Trinajstić information content (AvgIpc) is 3.39. The summed E-state index contributed by atoms with van der Waals surface area (Å²) in [7, 11) is 3.50. The van der Waals surface area contributed by atoms with E-state index in [2.05, 4.69) is 65.6 Å². The van der Waals surface area contributed by atoms with Crippen molar-refractivity contribution in [2.75, 3.05) is 40.5 Å². The van der Waals surface area contributed by atoms with Gasteiger partial charge in [-0.3, -0.25) is 4.90 Å². The van der Waals surface area contributed by atoms with Crippen LogP contribution >= 0.6 is 0 Å². The minimum Gasteiger partial charge on any atom is -0.493 e. The normalized spacial score (nSPS) is 15.4. The van der Waals surface area contributed by atoms with E-state index in [1.54, 1.807) is 7.11 Å². The van der Waals surface area contributed by atoms with Crippen LogP contribution in [-0.2, 0) is 24.2 Å². The van der Waals surface area contributed by atoms with Crippen LogP contribution < -0.4 is 14.2 Å². The van der Waals surface area contributed by atoms with Gasteiger partial charge in [0.25, 0.3) is 0 Å². The molecule has 0 saturated carbocycles. The highest BCUT2D eigenvalue weighted by molar-refractivity contribution is 5.43. The number of imidazole rings is 1. The van der Waals surface area contributed by atoms with Gasteiger partial charge in [0.05, 0.1) is 13.7 Å². The Labute approximate surface area is 227 Å². The molecule has 2 heterocycles. The molecule has 3 aromatic rings. The smallest absolute Gasteiger partial charge is 0.161 e. The van der Waals surface area contributed by atoms with E-state index in [-0.39, 0.29) is 5.60 Å². The maximum absolute atomic E-state index is 6.22. The van der Waals surface area contributed by atoms with Crippen LogP contribution in [0.3, 0.4) is 0 Å². The van der Waals surface area contributed by atoms with E-state index < -0.39 is 0 Å². The monoisotopic (exact) mass is 521 g/mol. The largest absolute Gasteiger partial charge is 0.493 e. The molecule has 0 atom stereocenters. The number of likely N-dealkylation sites (tertiary alicyclic amines) is 1. The second-order valence-electron chi connectivity index (χ2n) is 10.3. The molecule has 0 unspecified atom stereocenters. The van der Waals surface area contributed by atoms with E-state index in [9.17, 15) is 0 Å². The second-order valence-corrected chi connectivity index (χ2v) is 10.3. The third kappa shape index (κ3) is 7.08. The van der Waals surface area contributed by atoms with Crippen molar-refractivity contribution >= 4 is 0 Å². The summed E-state index contributed by atoms with van der Waals surface area (Å²) in [5.74, 6) is 3.62. The Hall–Kier alpha value is -3.03. The molecule has 2 aromatic carbocycles. The summed E-state index contributed by atoms with van der Waals surface area (Å²) in [4.78, 5) is 6.87. The maximum atomic E-state index is 6.22. The molecule has 0 radical (unpaired) electrons. The summed E-state index contributed by atoms with van der Waals surface area (Å²) in [6.45, 7) is 11.2. The van der Waals surface area contributed by atoms with Gasteiger partial charge < -0.3 is 23.5 Å². The lowest BCUT2D eigenvalue weighted by atomic mass is 9.91. The molecule has 0 N–H and O–H groups in total. The van der Waals surface area contributed by atoms with Gasteiger partial charge in [-0.25, -0.2) is 4.98 Å². The van der Waals surface area contributed by atoms with Crippen LogP contribution in [0.4, 0.5) is 0 Å². The van der Waals surface area contributed by atoms with E-state index in [4.69, 9.17) is 18.9 Å². The fraction of sp³-hybridized carbons (Fsp3) is 0.516. The van der Waals surface area contributed by atoms with E-state index in [1.165, 1.54) is 16.7 Å². The van der Waals surface area contributed by atoms with Gasteiger partial charge in [0, 0.05) is 52.1 Å². The molecule has 7 nitrogen and oxygen atoms in total. The number of methoxy groups -OCH3 is 2. The molecule has 1 aromatic heterocycles. The Kier molecular flexibility index (Phi) is 9.69. The van der Waals surface area contributed by atoms with Crippen molar-refractivity contribution < 1.29 is 18.9 Å². The highest BCUT2D eigenvalue weighted by Crippen LogP contribution is 2.32. The van der Waals surface area contributed by atoms with Gasteiger partial charge in [-0.1, -0.05) is 30.7 Å². The number of hydrogen-bond donors (Lipinski definition) is 0. The van der Waals surface area contributed by atoms with E-state index in [1.807, 2.05) is 25.6 Å². The van der Waals surface area contributed by atoms with Crippen LogP contribution in [0.15, 0.2) is 48.8 Å². The van der Waals surface area contributed by atoms with Gasteiger partial charge in [0.15, 0.2) is 11.5 Å². The lowest BCUT2D eigenvalue weighted by molar-refractivity contribution is -0.0840. The number of aryl methyl sites for hydroxylation is 4. The molecule has 1 aliphatic rings. The van der Waals surface area contributed by atoms with E-state index in [0.29, 0.717) is 13.2 Å². The number of rotatable bonds is 13. The van der Waals surface area contributed by atoms with Crippen molar-refractivity contribution in [2.24, 2.45) is 0 Å². The van der Waals surface area contributed by atoms with Gasteiger partial charge >= 0.3 is 0 Å². The van der Waals surface area contributed by atoms with Crippen LogP contribution in [0.2, 0.25) is 0 Å². The molecule has 7 heteroatoms. The van der Waals surface area contributed by atoms with Gasteiger partial charge in [-0.2, -0.15) is 0 Å². The molecular weight excluding hydrogens is 478 g/mol. The minimum atomic E-state index is -0.255. The lowest BCUT2D eigenvalue weighted by Crippen LogP contribution is -2.48. The highest BCUT2D eigenvalue weighted by atomic mass is 16.5. The minimum absolute atomic E-state index is 0.255. The molecule has 1 fully saturated rings. The number of ether oxygens (including phenoxy) is 4. The predicted molar refractivity (Wildman–Crippen MR) is 150 cm³/mol. The zero-order valence-electron chi connectivity index (χ0n) is 23.7. The van der Waals surface area contributed by atoms with E-state index >= 15 is 0 Å². The molecule has 0 spiro atoms. The Bertz CT molecular complexity index is 1170. The van der Waals surface area contributed by atoms with Crippen LogP contribution in [0.1, 0.15) is 48.7 Å². The molecule has 4 rings (SSSR count). The molecular formula is C31H43N3O4. The quantitative estimate of drug-likeness (QED) is 0.273. The zero-order valence-corrected chi connectivity index (χ0v) is 23.7. The first-order valence-corrected chi connectivity index (χ1v) is 13.7. The third-order valence-electron chi connectivity index (χ3n) is 7.57. The van der Waals surface area contributed by atoms with Crippen molar-refractivity contribution in [2.45, 2.75) is 65.1 Å². The molecule has 0 amide bonds. The van der Waals surface area contributed by atoms with Crippen LogP contribution in [0.5, 0.6) is 17.2 Å². The SMILES string of the molecule is CCc1nccn1CCCOc1cc(CN2CCC(COc3ccc(C)cc3C)(OC)CC2)ccc1OC. The molecule has 1 saturated heterocycles. The summed E-state index contributed by atoms with van der Waals surface area (Å²) >= 11 is 0. The maximum Gasteiger partial charge on any atom is 0.161 e. The van der Waals surface area contributed by atoms with Gasteiger partial charge in [0.1, 0.15) is 23.8 Å². The first-order valence-electron chi connectivity index (χ1n) is 13.7. The number of benzene rings is 2. The van der Waals surface area contributed by atoms with Crippen LogP contribution in [0.25, 0.3) is 0 Å². The van der Waals surface area contributed by atoms with Gasteiger partial charge in [-0.15, -0.1) is 0 Å². The predicted octanol–water partition coefficient (Wildman–Crippen LogP) is 5.60. The number of hydrogen-bond acceptors (Lipinski definition) is 6. The number of aromatic nitrogens is 2. The highest BCUT2D eigenvalue weighted by Gasteiger charge is 2.35. The summed E-state index contributed by atoms with van der Waals surface area (Å²) < 4.78 is 26.2. The van der Waals surface area contributed by atoms with Crippen LogP contribution in [0, 0.1) is 13.8 Å². The summed E-state index contributed by atoms with van der Waals surface area (Å²) in [5.41, 5.74) is 3.38. The molecule has 1 aliphatic heterocycles. The van der Waals surface area contributed by atoms with Gasteiger partial charge in [-0.05, 0) is 62.4 Å². The topological polar surface area (TPSA) is 58.0 Å². The fourth-order valence-electron chi connectivity index (χ4n) is 5.16. The Morgan fingerprint density at radius 3 is 2.45 bits per heavy atom. The lowest BCUT2D eigenvalue weighted by Gasteiger charge is -2.40. The Balaban J connectivity index is 1.28. The Morgan fingerprint density at radius 1 is 0.947 bits per heavy atom. The molecule has 206 valence electrons. The molecule has 38 heavy (non-hydrogen) atoms. The summed E-state index contributed by atoms with van der Waals surface area (Å²) in [5, 5.41) is 0. The fourth-order valence-corrected chi connectivity index (χ4v) is 5.16. The van der Waals surface area contributed by atoms with Crippen molar-refractivity contribution in [1.29, 1.82) is 0 Å². The first-order chi connectivity index (χ1) is 18.4. The zero-order chi connectivity index (χ0) is 27.0. The third-order valence-corrected chi connectivity index (χ3v) is 7.57. The Morgan fingerprint density at radius 2 is 1.74 bits per heavy atom. The summed E-state index contributed by atoms with van der Waals surface area (Å²) in [6, 6.07) is 12.6. The van der Waals surface area contributed by atoms with Crippen molar-refractivity contribution in [1.82, 2.24) is 14.5 Å². The van der Waals surface area contributed by atoms with Crippen LogP contribution in [-0.4, -0.2) is 60.6 Å². The standard InChI is InChI=1S/C31H43N3O4/c1-6-30-32-14-18-34(30)15-7-19-37-29-21-26(9-11-28(29)35-4)22-33-16-12-31(36-5,13-17-33)23-38-27-10-8-24(2)20-25(27)3/h8-11,14,18,20-21H,6-7,12-13,15-17,19,22-23H2,1-5H3. The van der Waals surface area contributed by atoms with E-state index in [0.717, 1.165) is 74.9 Å². The molecule has 0 bridgehead atoms. The van der Waals surface area contributed by atoms with Crippen molar-refractivity contribution in [3.63, 3.8) is 0 Å². The first kappa shape index (κ1) is 28.0.